The highest BCUT2D eigenvalue weighted by Gasteiger charge is 2.11. The minimum Gasteiger partial charge on any atom is -0.495 e. The van der Waals surface area contributed by atoms with Crippen LogP contribution in [0.5, 0.6) is 5.75 Å². The lowest BCUT2D eigenvalue weighted by molar-refractivity contribution is -0.385. The maximum absolute atomic E-state index is 11.8. The van der Waals surface area contributed by atoms with E-state index >= 15 is 0 Å². The zero-order valence-electron chi connectivity index (χ0n) is 10.9. The highest BCUT2D eigenvalue weighted by atomic mass is 35.5. The molecule has 0 radical (unpaired) electrons. The molecule has 0 spiro atoms. The number of aromatic nitrogens is 2. The van der Waals surface area contributed by atoms with E-state index in [-0.39, 0.29) is 18.1 Å². The van der Waals surface area contributed by atoms with Gasteiger partial charge in [0.2, 0.25) is 5.91 Å². The molecule has 0 unspecified atom stereocenters. The molecule has 0 fully saturated rings. The molecule has 0 saturated heterocycles. The molecule has 0 aliphatic rings. The van der Waals surface area contributed by atoms with Gasteiger partial charge < -0.3 is 10.1 Å². The Morgan fingerprint density at radius 1 is 1.57 bits per heavy atom. The van der Waals surface area contributed by atoms with E-state index in [1.165, 1.54) is 18.0 Å². The number of rotatable bonds is 5. The maximum atomic E-state index is 11.8. The summed E-state index contributed by atoms with van der Waals surface area (Å²) < 4.78 is 6.18. The molecular formula is C12H11ClN4O4. The summed E-state index contributed by atoms with van der Waals surface area (Å²) in [5.74, 6) is 0.117. The molecule has 1 aromatic heterocycles. The first kappa shape index (κ1) is 14.8. The van der Waals surface area contributed by atoms with Gasteiger partial charge in [-0.25, -0.2) is 0 Å². The van der Waals surface area contributed by atoms with Crippen LogP contribution < -0.4 is 10.1 Å². The summed E-state index contributed by atoms with van der Waals surface area (Å²) in [6, 6.07) is 4.80. The zero-order chi connectivity index (χ0) is 15.4. The maximum Gasteiger partial charge on any atom is 0.307 e. The average molecular weight is 311 g/mol. The van der Waals surface area contributed by atoms with Crippen molar-refractivity contribution in [3.05, 3.63) is 45.7 Å². The van der Waals surface area contributed by atoms with Crippen LogP contribution in [0.25, 0.3) is 0 Å². The Hall–Kier alpha value is -2.61. The van der Waals surface area contributed by atoms with Crippen LogP contribution in [0.3, 0.4) is 0 Å². The fourth-order valence-corrected chi connectivity index (χ4v) is 1.88. The van der Waals surface area contributed by atoms with E-state index in [9.17, 15) is 14.9 Å². The molecule has 1 N–H and O–H groups in total. The number of methoxy groups -OCH3 is 1. The van der Waals surface area contributed by atoms with Crippen LogP contribution in [0.4, 0.5) is 11.4 Å². The first-order chi connectivity index (χ1) is 9.99. The predicted octanol–water partition coefficient (Wildman–Crippen LogP) is 2.09. The van der Waals surface area contributed by atoms with E-state index < -0.39 is 4.92 Å². The van der Waals surface area contributed by atoms with Gasteiger partial charge in [0, 0.05) is 5.69 Å². The van der Waals surface area contributed by atoms with Gasteiger partial charge in [-0.2, -0.15) is 5.10 Å². The zero-order valence-corrected chi connectivity index (χ0v) is 11.7. The van der Waals surface area contributed by atoms with Crippen molar-refractivity contribution in [1.29, 1.82) is 0 Å². The van der Waals surface area contributed by atoms with Crippen LogP contribution in [0, 0.1) is 10.1 Å². The lowest BCUT2D eigenvalue weighted by Gasteiger charge is -2.08. The first-order valence-electron chi connectivity index (χ1n) is 5.80. The van der Waals surface area contributed by atoms with Crippen LogP contribution in [-0.2, 0) is 11.3 Å². The van der Waals surface area contributed by atoms with E-state index in [2.05, 4.69) is 10.4 Å². The highest BCUT2D eigenvalue weighted by molar-refractivity contribution is 6.32. The average Bonchev–Trinajstić information content (AvgIpc) is 2.87. The third-order valence-electron chi connectivity index (χ3n) is 2.57. The first-order valence-corrected chi connectivity index (χ1v) is 6.17. The molecule has 2 rings (SSSR count). The fraction of sp³-hybridized carbons (Fsp3) is 0.167. The molecular weight excluding hydrogens is 300 g/mol. The van der Waals surface area contributed by atoms with Gasteiger partial charge in [0.1, 0.15) is 24.7 Å². The third kappa shape index (κ3) is 3.69. The lowest BCUT2D eigenvalue weighted by atomic mass is 10.3. The summed E-state index contributed by atoms with van der Waals surface area (Å²) in [5, 5.41) is 17.2. The number of carbonyl (C=O) groups is 1. The number of anilines is 1. The molecule has 9 heteroatoms. The molecule has 1 amide bonds. The second-order valence-corrected chi connectivity index (χ2v) is 4.46. The summed E-state index contributed by atoms with van der Waals surface area (Å²) in [6.45, 7) is -0.141. The Morgan fingerprint density at radius 2 is 2.33 bits per heavy atom. The van der Waals surface area contributed by atoms with Crippen molar-refractivity contribution >= 4 is 28.9 Å². The molecule has 1 aromatic carbocycles. The van der Waals surface area contributed by atoms with Crippen molar-refractivity contribution in [3.8, 4) is 5.75 Å². The van der Waals surface area contributed by atoms with Gasteiger partial charge in [0.05, 0.1) is 17.1 Å². The van der Waals surface area contributed by atoms with E-state index in [0.717, 1.165) is 6.20 Å². The summed E-state index contributed by atoms with van der Waals surface area (Å²) in [4.78, 5) is 21.7. The summed E-state index contributed by atoms with van der Waals surface area (Å²) in [6.07, 6.45) is 2.26. The third-order valence-corrected chi connectivity index (χ3v) is 2.87. The number of ether oxygens (including phenoxy) is 1. The van der Waals surface area contributed by atoms with E-state index in [1.54, 1.807) is 18.2 Å². The number of nitro groups is 1. The topological polar surface area (TPSA) is 99.3 Å². The molecule has 0 aliphatic carbocycles. The monoisotopic (exact) mass is 310 g/mol. The number of carbonyl (C=O) groups excluding carboxylic acids is 1. The fourth-order valence-electron chi connectivity index (χ4n) is 1.63. The number of halogens is 1. The van der Waals surface area contributed by atoms with Crippen molar-refractivity contribution in [2.24, 2.45) is 0 Å². The number of nitrogens with one attached hydrogen (secondary N) is 1. The Labute approximate surface area is 124 Å². The smallest absolute Gasteiger partial charge is 0.307 e. The molecule has 0 saturated carbocycles. The number of hydrogen-bond donors (Lipinski definition) is 1. The van der Waals surface area contributed by atoms with Crippen LogP contribution in [-0.4, -0.2) is 27.7 Å². The molecule has 8 nitrogen and oxygen atoms in total. The molecule has 0 bridgehead atoms. The van der Waals surface area contributed by atoms with E-state index in [4.69, 9.17) is 16.3 Å². The van der Waals surface area contributed by atoms with Gasteiger partial charge >= 0.3 is 5.69 Å². The standard InChI is InChI=1S/C12H11ClN4O4/c1-21-11-3-2-8(4-10(11)13)15-12(18)7-16-6-9(5-14-16)17(19)20/h2-6H,7H2,1H3,(H,15,18). The summed E-state index contributed by atoms with van der Waals surface area (Å²) in [5.41, 5.74) is 0.322. The van der Waals surface area contributed by atoms with Gasteiger partial charge in [-0.15, -0.1) is 0 Å². The van der Waals surface area contributed by atoms with Crippen molar-refractivity contribution < 1.29 is 14.5 Å². The highest BCUT2D eigenvalue weighted by Crippen LogP contribution is 2.27. The second-order valence-electron chi connectivity index (χ2n) is 4.05. The molecule has 1 heterocycles. The Bertz CT molecular complexity index is 686. The number of nitrogens with zero attached hydrogens (tertiary/aromatic N) is 3. The van der Waals surface area contributed by atoms with Crippen LogP contribution in [0.1, 0.15) is 0 Å². The molecule has 110 valence electrons. The van der Waals surface area contributed by atoms with Crippen molar-refractivity contribution in [2.45, 2.75) is 6.54 Å². The minimum absolute atomic E-state index is 0.141. The lowest BCUT2D eigenvalue weighted by Crippen LogP contribution is -2.19. The molecule has 0 atom stereocenters. The minimum atomic E-state index is -0.579. The SMILES string of the molecule is COc1ccc(NC(=O)Cn2cc([N+](=O)[O-])cn2)cc1Cl. The predicted molar refractivity (Wildman–Crippen MR) is 75.5 cm³/mol. The molecule has 2 aromatic rings. The summed E-state index contributed by atoms with van der Waals surface area (Å²) >= 11 is 5.94. The second kappa shape index (κ2) is 6.23. The summed E-state index contributed by atoms with van der Waals surface area (Å²) in [7, 11) is 1.49. The van der Waals surface area contributed by atoms with Gasteiger partial charge in [0.15, 0.2) is 0 Å². The van der Waals surface area contributed by atoms with Gasteiger partial charge in [-0.3, -0.25) is 19.6 Å². The van der Waals surface area contributed by atoms with Crippen molar-refractivity contribution in [1.82, 2.24) is 9.78 Å². The number of benzene rings is 1. The van der Waals surface area contributed by atoms with Crippen LogP contribution >= 0.6 is 11.6 Å². The van der Waals surface area contributed by atoms with Gasteiger partial charge in [-0.05, 0) is 18.2 Å². The van der Waals surface area contributed by atoms with Crippen molar-refractivity contribution in [2.75, 3.05) is 12.4 Å². The largest absolute Gasteiger partial charge is 0.495 e. The Balaban J connectivity index is 2.01. The number of hydrogen-bond acceptors (Lipinski definition) is 5. The van der Waals surface area contributed by atoms with Crippen LogP contribution in [0.15, 0.2) is 30.6 Å². The quantitative estimate of drug-likeness (QED) is 0.673. The molecule has 0 aliphatic heterocycles. The van der Waals surface area contributed by atoms with Gasteiger partial charge in [-0.1, -0.05) is 11.6 Å². The van der Waals surface area contributed by atoms with Crippen LogP contribution in [0.2, 0.25) is 5.02 Å². The van der Waals surface area contributed by atoms with E-state index in [1.807, 2.05) is 0 Å². The van der Waals surface area contributed by atoms with Gasteiger partial charge in [0.25, 0.3) is 0 Å². The normalized spacial score (nSPS) is 10.2. The number of amides is 1. The Kier molecular flexibility index (Phi) is 4.39. The van der Waals surface area contributed by atoms with Crippen molar-refractivity contribution in [3.63, 3.8) is 0 Å². The van der Waals surface area contributed by atoms with E-state index in [0.29, 0.717) is 16.5 Å². The Morgan fingerprint density at radius 3 is 2.90 bits per heavy atom. The molecule has 21 heavy (non-hydrogen) atoms.